The van der Waals surface area contributed by atoms with Crippen LogP contribution in [0.25, 0.3) is 0 Å². The number of para-hydroxylation sites is 1. The molecule has 0 spiro atoms. The van der Waals surface area contributed by atoms with E-state index in [2.05, 4.69) is 5.32 Å². The second-order valence-electron chi connectivity index (χ2n) is 6.48. The molecule has 0 unspecified atom stereocenters. The molecular formula is C21H24ClNO3. The Bertz CT molecular complexity index is 726. The predicted molar refractivity (Wildman–Crippen MR) is 104 cm³/mol. The number of amides is 1. The minimum absolute atomic E-state index is 0.197. The van der Waals surface area contributed by atoms with E-state index in [-0.39, 0.29) is 5.91 Å². The molecule has 1 amide bonds. The van der Waals surface area contributed by atoms with Gasteiger partial charge in [-0.2, -0.15) is 0 Å². The summed E-state index contributed by atoms with van der Waals surface area (Å²) in [6.45, 7) is 1.90. The van der Waals surface area contributed by atoms with Gasteiger partial charge in [-0.25, -0.2) is 0 Å². The molecule has 4 nitrogen and oxygen atoms in total. The maximum absolute atomic E-state index is 12.5. The fourth-order valence-electron chi connectivity index (χ4n) is 3.05. The van der Waals surface area contributed by atoms with E-state index in [1.165, 1.54) is 12.8 Å². The first-order valence-corrected chi connectivity index (χ1v) is 9.52. The standard InChI is InChI=1S/C21H24ClNO3/c1-2-19(26-20-10-6-5-9-18(20)22)21(24)23-15-11-13-17(14-12-15)25-16-7-3-4-8-16/h5-6,9-14,16,19H,2-4,7-8H2,1H3,(H,23,24)/t19-/m1/s1. The maximum Gasteiger partial charge on any atom is 0.265 e. The Morgan fingerprint density at radius 2 is 1.85 bits per heavy atom. The summed E-state index contributed by atoms with van der Waals surface area (Å²) in [5.41, 5.74) is 0.718. The van der Waals surface area contributed by atoms with Gasteiger partial charge in [0.15, 0.2) is 6.10 Å². The van der Waals surface area contributed by atoms with Gasteiger partial charge < -0.3 is 14.8 Å². The zero-order valence-corrected chi connectivity index (χ0v) is 15.7. The molecule has 1 aliphatic carbocycles. The van der Waals surface area contributed by atoms with E-state index in [4.69, 9.17) is 21.1 Å². The third-order valence-electron chi connectivity index (χ3n) is 4.50. The Hall–Kier alpha value is -2.20. The van der Waals surface area contributed by atoms with Crippen LogP contribution < -0.4 is 14.8 Å². The highest BCUT2D eigenvalue weighted by atomic mass is 35.5. The van der Waals surface area contributed by atoms with Crippen LogP contribution in [0, 0.1) is 0 Å². The molecule has 0 bridgehead atoms. The monoisotopic (exact) mass is 373 g/mol. The van der Waals surface area contributed by atoms with E-state index >= 15 is 0 Å². The Kier molecular flexibility index (Phi) is 6.40. The lowest BCUT2D eigenvalue weighted by atomic mass is 10.2. The quantitative estimate of drug-likeness (QED) is 0.701. The molecule has 1 atom stereocenters. The lowest BCUT2D eigenvalue weighted by Gasteiger charge is -2.18. The Morgan fingerprint density at radius 1 is 1.15 bits per heavy atom. The van der Waals surface area contributed by atoms with Gasteiger partial charge in [0.25, 0.3) is 5.91 Å². The molecule has 3 rings (SSSR count). The lowest BCUT2D eigenvalue weighted by molar-refractivity contribution is -0.122. The van der Waals surface area contributed by atoms with Crippen LogP contribution in [0.3, 0.4) is 0 Å². The second kappa shape index (κ2) is 8.95. The first-order valence-electron chi connectivity index (χ1n) is 9.14. The first kappa shape index (κ1) is 18.6. The maximum atomic E-state index is 12.5. The van der Waals surface area contributed by atoms with E-state index in [1.54, 1.807) is 12.1 Å². The number of nitrogens with one attached hydrogen (secondary N) is 1. The summed E-state index contributed by atoms with van der Waals surface area (Å²) >= 11 is 6.11. The molecule has 0 aromatic heterocycles. The van der Waals surface area contributed by atoms with Gasteiger partial charge in [-0.05, 0) is 68.5 Å². The summed E-state index contributed by atoms with van der Waals surface area (Å²) in [7, 11) is 0. The number of hydrogen-bond donors (Lipinski definition) is 1. The summed E-state index contributed by atoms with van der Waals surface area (Å²) in [6.07, 6.45) is 4.98. The number of anilines is 1. The number of benzene rings is 2. The highest BCUT2D eigenvalue weighted by Gasteiger charge is 2.20. The van der Waals surface area contributed by atoms with E-state index in [0.29, 0.717) is 23.3 Å². The SMILES string of the molecule is CC[C@@H](Oc1ccccc1Cl)C(=O)Nc1ccc(OC2CCCC2)cc1. The van der Waals surface area contributed by atoms with E-state index < -0.39 is 6.10 Å². The van der Waals surface area contributed by atoms with Crippen LogP contribution in [0.5, 0.6) is 11.5 Å². The molecule has 0 aliphatic heterocycles. The zero-order chi connectivity index (χ0) is 18.4. The largest absolute Gasteiger partial charge is 0.490 e. The van der Waals surface area contributed by atoms with Crippen LogP contribution in [-0.2, 0) is 4.79 Å². The summed E-state index contributed by atoms with van der Waals surface area (Å²) in [4.78, 5) is 12.5. The molecule has 0 heterocycles. The molecule has 26 heavy (non-hydrogen) atoms. The molecule has 2 aromatic carbocycles. The third kappa shape index (κ3) is 4.92. The van der Waals surface area contributed by atoms with Crippen LogP contribution in [0.15, 0.2) is 48.5 Å². The molecule has 2 aromatic rings. The molecule has 1 aliphatic rings. The van der Waals surface area contributed by atoms with Crippen molar-refractivity contribution in [1.29, 1.82) is 0 Å². The Labute approximate surface area is 159 Å². The van der Waals surface area contributed by atoms with Crippen molar-refractivity contribution in [2.24, 2.45) is 0 Å². The highest BCUT2D eigenvalue weighted by molar-refractivity contribution is 6.32. The van der Waals surface area contributed by atoms with Crippen LogP contribution in [0.2, 0.25) is 5.02 Å². The van der Waals surface area contributed by atoms with Crippen LogP contribution in [0.4, 0.5) is 5.69 Å². The molecule has 1 fully saturated rings. The van der Waals surface area contributed by atoms with Crippen molar-refractivity contribution in [1.82, 2.24) is 0 Å². The molecule has 5 heteroatoms. The minimum Gasteiger partial charge on any atom is -0.490 e. The van der Waals surface area contributed by atoms with Crippen molar-refractivity contribution in [3.05, 3.63) is 53.6 Å². The van der Waals surface area contributed by atoms with Gasteiger partial charge in [-0.15, -0.1) is 0 Å². The average Bonchev–Trinajstić information content (AvgIpc) is 3.15. The van der Waals surface area contributed by atoms with E-state index in [1.807, 2.05) is 43.3 Å². The van der Waals surface area contributed by atoms with Crippen molar-refractivity contribution in [3.8, 4) is 11.5 Å². The van der Waals surface area contributed by atoms with Gasteiger partial charge in [0.1, 0.15) is 11.5 Å². The van der Waals surface area contributed by atoms with Crippen molar-refractivity contribution < 1.29 is 14.3 Å². The van der Waals surface area contributed by atoms with Gasteiger partial charge in [0, 0.05) is 5.69 Å². The number of carbonyl (C=O) groups excluding carboxylic acids is 1. The van der Waals surface area contributed by atoms with Crippen LogP contribution >= 0.6 is 11.6 Å². The summed E-state index contributed by atoms with van der Waals surface area (Å²) in [5, 5.41) is 3.38. The fourth-order valence-corrected chi connectivity index (χ4v) is 3.23. The van der Waals surface area contributed by atoms with Gasteiger partial charge >= 0.3 is 0 Å². The van der Waals surface area contributed by atoms with E-state index in [9.17, 15) is 4.79 Å². The smallest absolute Gasteiger partial charge is 0.265 e. The zero-order valence-electron chi connectivity index (χ0n) is 14.9. The van der Waals surface area contributed by atoms with Crippen LogP contribution in [-0.4, -0.2) is 18.1 Å². The molecule has 138 valence electrons. The normalized spacial score (nSPS) is 15.5. The molecular weight excluding hydrogens is 350 g/mol. The topological polar surface area (TPSA) is 47.6 Å². The molecule has 1 N–H and O–H groups in total. The third-order valence-corrected chi connectivity index (χ3v) is 4.81. The number of carbonyl (C=O) groups is 1. The number of rotatable bonds is 7. The van der Waals surface area contributed by atoms with Gasteiger partial charge in [0.05, 0.1) is 11.1 Å². The van der Waals surface area contributed by atoms with E-state index in [0.717, 1.165) is 24.3 Å². The first-order chi connectivity index (χ1) is 12.7. The number of ether oxygens (including phenoxy) is 2. The second-order valence-corrected chi connectivity index (χ2v) is 6.89. The van der Waals surface area contributed by atoms with Gasteiger partial charge in [-0.3, -0.25) is 4.79 Å². The Balaban J connectivity index is 1.58. The molecule has 0 radical (unpaired) electrons. The average molecular weight is 374 g/mol. The van der Waals surface area contributed by atoms with Crippen LogP contribution in [0.1, 0.15) is 39.0 Å². The van der Waals surface area contributed by atoms with Crippen molar-refractivity contribution in [2.45, 2.75) is 51.2 Å². The van der Waals surface area contributed by atoms with Gasteiger partial charge in [-0.1, -0.05) is 30.7 Å². The predicted octanol–water partition coefficient (Wildman–Crippen LogP) is 5.46. The van der Waals surface area contributed by atoms with Crippen molar-refractivity contribution in [2.75, 3.05) is 5.32 Å². The molecule has 1 saturated carbocycles. The summed E-state index contributed by atoms with van der Waals surface area (Å²) < 4.78 is 11.7. The van der Waals surface area contributed by atoms with Gasteiger partial charge in [0.2, 0.25) is 0 Å². The summed E-state index contributed by atoms with van der Waals surface area (Å²) in [6, 6.07) is 14.6. The lowest BCUT2D eigenvalue weighted by Crippen LogP contribution is -2.32. The van der Waals surface area contributed by atoms with Crippen molar-refractivity contribution in [3.63, 3.8) is 0 Å². The van der Waals surface area contributed by atoms with Crippen molar-refractivity contribution >= 4 is 23.2 Å². The number of hydrogen-bond acceptors (Lipinski definition) is 3. The Morgan fingerprint density at radius 3 is 2.50 bits per heavy atom. The fraction of sp³-hybridized carbons (Fsp3) is 0.381. The molecule has 0 saturated heterocycles. The minimum atomic E-state index is -0.607. The number of halogens is 1. The summed E-state index contributed by atoms with van der Waals surface area (Å²) in [5.74, 6) is 1.16. The highest BCUT2D eigenvalue weighted by Crippen LogP contribution is 2.26.